The van der Waals surface area contributed by atoms with Crippen molar-refractivity contribution in [3.05, 3.63) is 12.2 Å². The molecule has 3 fully saturated rings. The van der Waals surface area contributed by atoms with Gasteiger partial charge in [-0.1, -0.05) is 25.0 Å². The lowest BCUT2D eigenvalue weighted by molar-refractivity contribution is -0.153. The maximum Gasteiger partial charge on any atom is 0.312 e. The third kappa shape index (κ3) is 1.73. The second-order valence-electron chi connectivity index (χ2n) is 6.56. The highest BCUT2D eigenvalue weighted by Crippen LogP contribution is 2.53. The molecule has 114 valence electrons. The number of likely N-dealkylation sites (tertiary alicyclic amines) is 1. The number of carbonyl (C=O) groups is 2. The first-order valence-corrected chi connectivity index (χ1v) is 8.00. The number of amides is 1. The van der Waals surface area contributed by atoms with Crippen LogP contribution in [-0.2, 0) is 19.1 Å². The first-order chi connectivity index (χ1) is 10.2. The average Bonchev–Trinajstić information content (AvgIpc) is 3.19. The normalized spacial score (nSPS) is 41.1. The molecule has 4 atom stereocenters. The Morgan fingerprint density at radius 1 is 1.48 bits per heavy atom. The smallest absolute Gasteiger partial charge is 0.312 e. The molecule has 0 aromatic carbocycles. The minimum Gasteiger partial charge on any atom is -0.466 e. The van der Waals surface area contributed by atoms with Crippen LogP contribution in [0.15, 0.2) is 12.2 Å². The van der Waals surface area contributed by atoms with Gasteiger partial charge < -0.3 is 14.4 Å². The summed E-state index contributed by atoms with van der Waals surface area (Å²) in [5.41, 5.74) is -0.582. The van der Waals surface area contributed by atoms with E-state index in [9.17, 15) is 9.59 Å². The van der Waals surface area contributed by atoms with Crippen LogP contribution in [0.2, 0.25) is 0 Å². The van der Waals surface area contributed by atoms with Crippen LogP contribution in [0.5, 0.6) is 0 Å². The van der Waals surface area contributed by atoms with Gasteiger partial charge in [0, 0.05) is 6.04 Å². The third-order valence-electron chi connectivity index (χ3n) is 5.45. The van der Waals surface area contributed by atoms with E-state index in [1.54, 1.807) is 6.92 Å². The third-order valence-corrected chi connectivity index (χ3v) is 5.45. The standard InChI is InChI=1S/C16H21NO4/c1-2-20-15(19)12-11-7-8-16(21-11)9-17(14(18)13(12)16)10-5-3-4-6-10/h7-8,10-13H,2-6,9H2,1H3/t11-,12-,13+,16-/m1/s1. The van der Waals surface area contributed by atoms with Crippen LogP contribution >= 0.6 is 0 Å². The first-order valence-electron chi connectivity index (χ1n) is 8.00. The Hall–Kier alpha value is -1.36. The molecule has 5 heteroatoms. The molecule has 1 spiro atoms. The van der Waals surface area contributed by atoms with Crippen molar-refractivity contribution in [1.29, 1.82) is 0 Å². The summed E-state index contributed by atoms with van der Waals surface area (Å²) in [6.45, 7) is 2.73. The van der Waals surface area contributed by atoms with E-state index < -0.39 is 11.5 Å². The Bertz CT molecular complexity index is 510. The van der Waals surface area contributed by atoms with Gasteiger partial charge in [-0.05, 0) is 19.8 Å². The highest BCUT2D eigenvalue weighted by Gasteiger charge is 2.67. The molecule has 1 amide bonds. The second-order valence-corrected chi connectivity index (χ2v) is 6.56. The van der Waals surface area contributed by atoms with Crippen molar-refractivity contribution < 1.29 is 19.1 Å². The number of ether oxygens (including phenoxy) is 2. The van der Waals surface area contributed by atoms with Crippen molar-refractivity contribution in [3.63, 3.8) is 0 Å². The van der Waals surface area contributed by atoms with Crippen LogP contribution in [0.25, 0.3) is 0 Å². The summed E-state index contributed by atoms with van der Waals surface area (Å²) >= 11 is 0. The number of esters is 1. The fraction of sp³-hybridized carbons (Fsp3) is 0.750. The minimum absolute atomic E-state index is 0.0896. The Balaban J connectivity index is 1.63. The molecule has 2 saturated heterocycles. The summed E-state index contributed by atoms with van der Waals surface area (Å²) in [5, 5.41) is 0. The fourth-order valence-electron chi connectivity index (χ4n) is 4.56. The predicted molar refractivity (Wildman–Crippen MR) is 74.3 cm³/mol. The van der Waals surface area contributed by atoms with Crippen LogP contribution in [0, 0.1) is 11.8 Å². The molecule has 1 saturated carbocycles. The Morgan fingerprint density at radius 2 is 2.24 bits per heavy atom. The molecule has 0 aromatic heterocycles. The van der Waals surface area contributed by atoms with E-state index in [4.69, 9.17) is 9.47 Å². The molecule has 0 unspecified atom stereocenters. The van der Waals surface area contributed by atoms with Crippen molar-refractivity contribution in [1.82, 2.24) is 4.90 Å². The topological polar surface area (TPSA) is 55.8 Å². The molecular formula is C16H21NO4. The zero-order valence-corrected chi connectivity index (χ0v) is 12.3. The van der Waals surface area contributed by atoms with Crippen LogP contribution in [0.4, 0.5) is 0 Å². The molecule has 2 bridgehead atoms. The van der Waals surface area contributed by atoms with Crippen LogP contribution in [-0.4, -0.2) is 47.7 Å². The maximum absolute atomic E-state index is 12.9. The van der Waals surface area contributed by atoms with Gasteiger partial charge in [0.05, 0.1) is 25.2 Å². The summed E-state index contributed by atoms with van der Waals surface area (Å²) in [6.07, 6.45) is 8.18. The summed E-state index contributed by atoms with van der Waals surface area (Å²) in [6, 6.07) is 0.330. The molecule has 0 radical (unpaired) electrons. The Morgan fingerprint density at radius 3 is 2.95 bits per heavy atom. The van der Waals surface area contributed by atoms with E-state index in [1.165, 1.54) is 12.8 Å². The summed E-state index contributed by atoms with van der Waals surface area (Å²) in [7, 11) is 0. The molecule has 3 heterocycles. The van der Waals surface area contributed by atoms with E-state index in [2.05, 4.69) is 0 Å². The monoisotopic (exact) mass is 291 g/mol. The lowest BCUT2D eigenvalue weighted by Crippen LogP contribution is -2.41. The van der Waals surface area contributed by atoms with Crippen molar-refractivity contribution in [2.45, 2.75) is 50.4 Å². The van der Waals surface area contributed by atoms with E-state index in [0.717, 1.165) is 12.8 Å². The SMILES string of the molecule is CCOC(=O)[C@H]1[C@H]2C(=O)N(C3CCCC3)C[C@]23C=C[C@H]1O3. The van der Waals surface area contributed by atoms with Gasteiger partial charge in [0.2, 0.25) is 5.91 Å². The zero-order chi connectivity index (χ0) is 14.6. The number of hydrogen-bond donors (Lipinski definition) is 0. The molecule has 3 aliphatic heterocycles. The zero-order valence-electron chi connectivity index (χ0n) is 12.3. The van der Waals surface area contributed by atoms with Crippen LogP contribution in [0.3, 0.4) is 0 Å². The van der Waals surface area contributed by atoms with E-state index in [1.807, 2.05) is 17.1 Å². The second kappa shape index (κ2) is 4.57. The van der Waals surface area contributed by atoms with Gasteiger partial charge in [0.15, 0.2) is 0 Å². The van der Waals surface area contributed by atoms with E-state index in [0.29, 0.717) is 19.2 Å². The van der Waals surface area contributed by atoms with Gasteiger partial charge in [-0.25, -0.2) is 0 Å². The maximum atomic E-state index is 12.9. The average molecular weight is 291 g/mol. The quantitative estimate of drug-likeness (QED) is 0.580. The highest BCUT2D eigenvalue weighted by molar-refractivity contribution is 5.91. The van der Waals surface area contributed by atoms with Gasteiger partial charge in [-0.3, -0.25) is 9.59 Å². The van der Waals surface area contributed by atoms with Gasteiger partial charge in [-0.15, -0.1) is 0 Å². The number of hydrogen-bond acceptors (Lipinski definition) is 4. The van der Waals surface area contributed by atoms with Gasteiger partial charge in [0.25, 0.3) is 0 Å². The lowest BCUT2D eigenvalue weighted by Gasteiger charge is -2.26. The minimum atomic E-state index is -0.582. The van der Waals surface area contributed by atoms with Crippen molar-refractivity contribution >= 4 is 11.9 Å². The number of rotatable bonds is 3. The van der Waals surface area contributed by atoms with E-state index in [-0.39, 0.29) is 23.9 Å². The molecule has 4 rings (SSSR count). The van der Waals surface area contributed by atoms with Crippen LogP contribution < -0.4 is 0 Å². The molecule has 1 aliphatic carbocycles. The fourth-order valence-corrected chi connectivity index (χ4v) is 4.56. The van der Waals surface area contributed by atoms with Gasteiger partial charge in [0.1, 0.15) is 11.5 Å². The molecule has 0 aromatic rings. The molecular weight excluding hydrogens is 270 g/mol. The first kappa shape index (κ1) is 13.3. The Kier molecular flexibility index (Phi) is 2.89. The molecule has 0 N–H and O–H groups in total. The number of nitrogens with zero attached hydrogens (tertiary/aromatic N) is 1. The van der Waals surface area contributed by atoms with Crippen molar-refractivity contribution in [3.8, 4) is 0 Å². The molecule has 5 nitrogen and oxygen atoms in total. The number of fused-ring (bicyclic) bond motifs is 1. The summed E-state index contributed by atoms with van der Waals surface area (Å²) in [5.74, 6) is -1.05. The number of carbonyl (C=O) groups excluding carboxylic acids is 2. The summed E-state index contributed by atoms with van der Waals surface area (Å²) < 4.78 is 11.2. The molecule has 4 aliphatic rings. The van der Waals surface area contributed by atoms with Crippen molar-refractivity contribution in [2.24, 2.45) is 11.8 Å². The predicted octanol–water partition coefficient (Wildman–Crippen LogP) is 1.27. The highest BCUT2D eigenvalue weighted by atomic mass is 16.6. The van der Waals surface area contributed by atoms with Crippen LogP contribution in [0.1, 0.15) is 32.6 Å². The van der Waals surface area contributed by atoms with Gasteiger partial charge >= 0.3 is 5.97 Å². The Labute approximate surface area is 124 Å². The summed E-state index contributed by atoms with van der Waals surface area (Å²) in [4.78, 5) is 27.1. The molecule has 21 heavy (non-hydrogen) atoms. The van der Waals surface area contributed by atoms with Crippen molar-refractivity contribution in [2.75, 3.05) is 13.2 Å². The lowest BCUT2D eigenvalue weighted by atomic mass is 9.77. The van der Waals surface area contributed by atoms with Gasteiger partial charge in [-0.2, -0.15) is 0 Å². The van der Waals surface area contributed by atoms with E-state index >= 15 is 0 Å². The largest absolute Gasteiger partial charge is 0.466 e.